The first kappa shape index (κ1) is 17.6. The van der Waals surface area contributed by atoms with Crippen molar-refractivity contribution in [2.24, 2.45) is 4.99 Å². The van der Waals surface area contributed by atoms with E-state index < -0.39 is 10.8 Å². The second-order valence-corrected chi connectivity index (χ2v) is 7.68. The summed E-state index contributed by atoms with van der Waals surface area (Å²) >= 11 is 0. The fourth-order valence-corrected chi connectivity index (χ4v) is 4.18. The Balaban J connectivity index is 1.89. The molecule has 1 atom stereocenters. The lowest BCUT2D eigenvalue weighted by Gasteiger charge is -2.08. The number of benzene rings is 1. The molecule has 0 saturated carbocycles. The first-order chi connectivity index (χ1) is 12.0. The highest BCUT2D eigenvalue weighted by atomic mass is 32.2. The molecule has 0 saturated heterocycles. The summed E-state index contributed by atoms with van der Waals surface area (Å²) in [6, 6.07) is 5.86. The van der Waals surface area contributed by atoms with Gasteiger partial charge < -0.3 is 9.84 Å². The van der Waals surface area contributed by atoms with Crippen LogP contribution in [-0.4, -0.2) is 26.5 Å². The smallest absolute Gasteiger partial charge is 0.263 e. The Morgan fingerprint density at radius 2 is 2.08 bits per heavy atom. The quantitative estimate of drug-likeness (QED) is 0.788. The molecule has 1 unspecified atom stereocenters. The maximum absolute atomic E-state index is 12.9. The number of hydrogen-bond donors (Lipinski definition) is 0. The Kier molecular flexibility index (Phi) is 5.18. The van der Waals surface area contributed by atoms with E-state index in [0.717, 1.165) is 41.0 Å². The monoisotopic (exact) mass is 359 g/mol. The standard InChI is InChI=1S/C19H22N2O3S/c1-12-10-20-17(13(2)19(12)22)11-25(23)18-6-4-5-14-7-8-15(24-3)9-16(14)21-18/h7-10H,4-6,11H2,1-3H3,(H,20,22)/p+1. The van der Waals surface area contributed by atoms with E-state index in [2.05, 4.69) is 9.98 Å². The van der Waals surface area contributed by atoms with Crippen molar-refractivity contribution in [2.45, 2.75) is 38.9 Å². The molecule has 1 aromatic carbocycles. The van der Waals surface area contributed by atoms with Crippen LogP contribution in [0.5, 0.6) is 11.5 Å². The molecule has 1 aliphatic rings. The second kappa shape index (κ2) is 7.35. The minimum atomic E-state index is -1.25. The number of hydrogen-bond acceptors (Lipinski definition) is 4. The Bertz CT molecular complexity index is 862. The predicted octanol–water partition coefficient (Wildman–Crippen LogP) is 3.46. The van der Waals surface area contributed by atoms with E-state index in [1.54, 1.807) is 13.3 Å². The maximum Gasteiger partial charge on any atom is 0.263 e. The lowest BCUT2D eigenvalue weighted by Crippen LogP contribution is -2.11. The van der Waals surface area contributed by atoms with Gasteiger partial charge >= 0.3 is 0 Å². The van der Waals surface area contributed by atoms with Crippen LogP contribution < -0.4 is 4.74 Å². The molecular formula is C19H23N2O3S+. The molecule has 0 spiro atoms. The van der Waals surface area contributed by atoms with Crippen LogP contribution in [0.2, 0.25) is 0 Å². The predicted molar refractivity (Wildman–Crippen MR) is 102 cm³/mol. The van der Waals surface area contributed by atoms with E-state index in [0.29, 0.717) is 28.7 Å². The van der Waals surface area contributed by atoms with Crippen LogP contribution in [0.15, 0.2) is 29.4 Å². The van der Waals surface area contributed by atoms with Crippen molar-refractivity contribution in [3.05, 3.63) is 46.8 Å². The molecule has 6 heteroatoms. The zero-order chi connectivity index (χ0) is 18.0. The number of pyridine rings is 1. The molecule has 0 amide bonds. The van der Waals surface area contributed by atoms with Gasteiger partial charge in [-0.25, -0.2) is 4.99 Å². The third-order valence-electron chi connectivity index (χ3n) is 4.52. The van der Waals surface area contributed by atoms with Crippen LogP contribution in [0.1, 0.15) is 35.2 Å². The van der Waals surface area contributed by atoms with Crippen LogP contribution in [-0.2, 0) is 23.0 Å². The summed E-state index contributed by atoms with van der Waals surface area (Å²) in [5.74, 6) is 1.53. The van der Waals surface area contributed by atoms with Gasteiger partial charge in [0.1, 0.15) is 10.8 Å². The molecule has 1 aliphatic heterocycles. The van der Waals surface area contributed by atoms with Gasteiger partial charge in [0.15, 0.2) is 0 Å². The number of ether oxygens (including phenoxy) is 1. The average Bonchev–Trinajstić information content (AvgIpc) is 2.83. The molecule has 132 valence electrons. The van der Waals surface area contributed by atoms with Gasteiger partial charge in [0.05, 0.1) is 46.2 Å². The third kappa shape index (κ3) is 3.74. The molecule has 25 heavy (non-hydrogen) atoms. The van der Waals surface area contributed by atoms with Crippen molar-refractivity contribution in [2.75, 3.05) is 7.11 Å². The molecule has 2 aromatic rings. The van der Waals surface area contributed by atoms with Crippen molar-refractivity contribution in [3.8, 4) is 11.5 Å². The molecule has 0 radical (unpaired) electrons. The minimum absolute atomic E-state index is 0.302. The summed E-state index contributed by atoms with van der Waals surface area (Å²) in [6.07, 6.45) is 4.23. The van der Waals surface area contributed by atoms with Crippen molar-refractivity contribution in [1.82, 2.24) is 4.98 Å². The van der Waals surface area contributed by atoms with Gasteiger partial charge in [-0.1, -0.05) is 6.07 Å². The summed E-state index contributed by atoms with van der Waals surface area (Å²) in [6.45, 7) is 3.73. The number of aryl methyl sites for hydroxylation is 2. The van der Waals surface area contributed by atoms with Gasteiger partial charge in [0, 0.05) is 12.3 Å². The van der Waals surface area contributed by atoms with E-state index in [4.69, 9.17) is 9.84 Å². The normalized spacial score (nSPS) is 15.1. The number of fused-ring (bicyclic) bond motifs is 1. The van der Waals surface area contributed by atoms with E-state index in [1.165, 1.54) is 0 Å². The molecule has 2 heterocycles. The van der Waals surface area contributed by atoms with Gasteiger partial charge in [-0.15, -0.1) is 0 Å². The molecular weight excluding hydrogens is 336 g/mol. The van der Waals surface area contributed by atoms with Gasteiger partial charge in [-0.3, -0.25) is 9.19 Å². The zero-order valence-electron chi connectivity index (χ0n) is 14.8. The maximum atomic E-state index is 12.9. The second-order valence-electron chi connectivity index (χ2n) is 6.23. The van der Waals surface area contributed by atoms with Crippen molar-refractivity contribution in [3.63, 3.8) is 0 Å². The molecule has 0 fully saturated rings. The fourth-order valence-electron chi connectivity index (χ4n) is 2.90. The highest BCUT2D eigenvalue weighted by molar-refractivity contribution is 7.99. The largest absolute Gasteiger partial charge is 0.593 e. The molecule has 0 bridgehead atoms. The fraction of sp³-hybridized carbons (Fsp3) is 0.368. The van der Waals surface area contributed by atoms with Crippen molar-refractivity contribution >= 4 is 21.5 Å². The Labute approximate surface area is 150 Å². The van der Waals surface area contributed by atoms with Crippen LogP contribution in [0, 0.1) is 13.8 Å². The number of aliphatic imine (C=N–C) groups is 1. The Hall–Kier alpha value is -2.21. The number of nitrogens with zero attached hydrogens (tertiary/aromatic N) is 2. The topological polar surface area (TPSA) is 74.4 Å². The molecule has 2 N–H and O–H groups in total. The molecule has 1 aromatic heterocycles. The third-order valence-corrected chi connectivity index (χ3v) is 5.88. The van der Waals surface area contributed by atoms with Gasteiger partial charge in [0.25, 0.3) is 5.75 Å². The summed E-state index contributed by atoms with van der Waals surface area (Å²) in [5.41, 5.74) is 4.34. The molecule has 5 nitrogen and oxygen atoms in total. The van der Waals surface area contributed by atoms with Crippen LogP contribution in [0.3, 0.4) is 0 Å². The van der Waals surface area contributed by atoms with Crippen LogP contribution in [0.25, 0.3) is 0 Å². The summed E-state index contributed by atoms with van der Waals surface area (Å²) in [7, 11) is 0.384. The SMILES string of the molecule is COc1ccc2c(c1)N=C(S(=O)Cc1ncc(C)c([OH2+])c1C)CCC2. The zero-order valence-corrected chi connectivity index (χ0v) is 15.6. The number of methoxy groups -OCH3 is 1. The highest BCUT2D eigenvalue weighted by Gasteiger charge is 2.19. The van der Waals surface area contributed by atoms with Crippen LogP contribution >= 0.6 is 0 Å². The van der Waals surface area contributed by atoms with Gasteiger partial charge in [0.2, 0.25) is 0 Å². The average molecular weight is 359 g/mol. The van der Waals surface area contributed by atoms with Gasteiger partial charge in [-0.05, 0) is 44.7 Å². The summed E-state index contributed by atoms with van der Waals surface area (Å²) in [4.78, 5) is 9.06. The van der Waals surface area contributed by atoms with E-state index in [1.807, 2.05) is 32.0 Å². The lowest BCUT2D eigenvalue weighted by atomic mass is 10.1. The number of aromatic nitrogens is 1. The van der Waals surface area contributed by atoms with Crippen molar-refractivity contribution in [1.29, 1.82) is 0 Å². The van der Waals surface area contributed by atoms with E-state index in [-0.39, 0.29) is 0 Å². The first-order valence-electron chi connectivity index (χ1n) is 8.29. The summed E-state index contributed by atoms with van der Waals surface area (Å²) < 4.78 is 18.2. The van der Waals surface area contributed by atoms with Gasteiger partial charge in [-0.2, -0.15) is 0 Å². The lowest BCUT2D eigenvalue weighted by molar-refractivity contribution is 0.415. The summed E-state index contributed by atoms with van der Waals surface area (Å²) in [5, 5.41) is 8.76. The van der Waals surface area contributed by atoms with E-state index >= 15 is 0 Å². The molecule has 0 aliphatic carbocycles. The Morgan fingerprint density at radius 3 is 2.84 bits per heavy atom. The molecule has 3 rings (SSSR count). The Morgan fingerprint density at radius 1 is 1.28 bits per heavy atom. The highest BCUT2D eigenvalue weighted by Crippen LogP contribution is 2.30. The minimum Gasteiger partial charge on any atom is -0.593 e. The van der Waals surface area contributed by atoms with Crippen LogP contribution in [0.4, 0.5) is 5.69 Å². The van der Waals surface area contributed by atoms with Crippen molar-refractivity contribution < 1.29 is 14.1 Å². The first-order valence-corrected chi connectivity index (χ1v) is 9.61. The van der Waals surface area contributed by atoms with E-state index in [9.17, 15) is 4.21 Å². The number of rotatable bonds is 3.